The molecule has 0 radical (unpaired) electrons. The molecule has 10 heteroatoms. The van der Waals surface area contributed by atoms with E-state index in [1.165, 1.54) is 27.3 Å². The second-order valence-corrected chi connectivity index (χ2v) is 8.08. The molecule has 0 unspecified atom stereocenters. The Bertz CT molecular complexity index is 1060. The Morgan fingerprint density at radius 1 is 0.882 bits per heavy atom. The molecule has 0 atom stereocenters. The largest absolute Gasteiger partial charge is 0.493 e. The molecule has 0 aromatic heterocycles. The molecule has 0 spiro atoms. The molecule has 180 valence electrons. The number of likely N-dealkylation sites (N-methyl/N-ethyl adjacent to an activating group) is 2. The van der Waals surface area contributed by atoms with E-state index in [1.807, 2.05) is 30.3 Å². The number of amides is 4. The van der Waals surface area contributed by atoms with Gasteiger partial charge in [-0.25, -0.2) is 4.79 Å². The van der Waals surface area contributed by atoms with Gasteiger partial charge in [0.05, 0.1) is 24.8 Å². The Morgan fingerprint density at radius 3 is 2.12 bits per heavy atom. The summed E-state index contributed by atoms with van der Waals surface area (Å²) in [7, 11) is 4.13. The number of carbonyl (C=O) groups excluding carboxylic acids is 3. The first kappa shape index (κ1) is 25.3. The van der Waals surface area contributed by atoms with Gasteiger partial charge in [0.2, 0.25) is 0 Å². The third-order valence-corrected chi connectivity index (χ3v) is 5.51. The smallest absolute Gasteiger partial charge is 0.333 e. The Kier molecular flexibility index (Phi) is 8.67. The predicted molar refractivity (Wildman–Crippen MR) is 128 cm³/mol. The third kappa shape index (κ3) is 5.95. The van der Waals surface area contributed by atoms with Crippen LogP contribution in [0.25, 0.3) is 6.08 Å². The molecule has 1 saturated heterocycles. The average molecular weight is 533 g/mol. The molecule has 0 saturated carbocycles. The van der Waals surface area contributed by atoms with Crippen molar-refractivity contribution in [3.05, 3.63) is 58.1 Å². The van der Waals surface area contributed by atoms with E-state index in [-0.39, 0.29) is 12.2 Å². The summed E-state index contributed by atoms with van der Waals surface area (Å²) < 4.78 is 22.9. The number of halogens is 1. The number of carbonyl (C=O) groups is 3. The van der Waals surface area contributed by atoms with Gasteiger partial charge in [-0.1, -0.05) is 18.2 Å². The van der Waals surface area contributed by atoms with E-state index in [4.69, 9.17) is 18.9 Å². The summed E-state index contributed by atoms with van der Waals surface area (Å²) in [6.45, 7) is 1.45. The molecule has 1 aliphatic rings. The Labute approximate surface area is 205 Å². The number of benzene rings is 2. The van der Waals surface area contributed by atoms with E-state index in [9.17, 15) is 14.4 Å². The van der Waals surface area contributed by atoms with Crippen LogP contribution in [0.2, 0.25) is 0 Å². The van der Waals surface area contributed by atoms with Crippen LogP contribution in [0.1, 0.15) is 5.56 Å². The standard InChI is InChI=1S/C24H25BrN2O7/c1-26-22(28)18(23(29)27(2)24(26)30)13-16-14-19(25)21(20(15-16)31-3)34-12-10-32-9-11-33-17-7-5-4-6-8-17/h4-8,13-15H,9-12H2,1-3H3. The number of imide groups is 2. The molecule has 34 heavy (non-hydrogen) atoms. The van der Waals surface area contributed by atoms with E-state index in [0.717, 1.165) is 15.5 Å². The van der Waals surface area contributed by atoms with Crippen molar-refractivity contribution < 1.29 is 33.3 Å². The van der Waals surface area contributed by atoms with Gasteiger partial charge in [-0.15, -0.1) is 0 Å². The fourth-order valence-electron chi connectivity index (χ4n) is 3.14. The minimum absolute atomic E-state index is 0.127. The fraction of sp³-hybridized carbons (Fsp3) is 0.292. The van der Waals surface area contributed by atoms with Crippen molar-refractivity contribution in [3.8, 4) is 17.2 Å². The Balaban J connectivity index is 1.59. The number of urea groups is 1. The van der Waals surface area contributed by atoms with Gasteiger partial charge in [0.1, 0.15) is 24.5 Å². The SMILES string of the molecule is COc1cc(C=C2C(=O)N(C)C(=O)N(C)C2=O)cc(Br)c1OCCOCCOc1ccccc1. The van der Waals surface area contributed by atoms with Crippen molar-refractivity contribution in [2.24, 2.45) is 0 Å². The van der Waals surface area contributed by atoms with Gasteiger partial charge < -0.3 is 18.9 Å². The van der Waals surface area contributed by atoms with Crippen LogP contribution in [-0.2, 0) is 14.3 Å². The highest BCUT2D eigenvalue weighted by atomic mass is 79.9. The van der Waals surface area contributed by atoms with E-state index in [2.05, 4.69) is 15.9 Å². The molecule has 0 bridgehead atoms. The zero-order valence-corrected chi connectivity index (χ0v) is 20.7. The number of barbiturate groups is 1. The van der Waals surface area contributed by atoms with Gasteiger partial charge in [0.25, 0.3) is 11.8 Å². The summed E-state index contributed by atoms with van der Waals surface area (Å²) in [5, 5.41) is 0. The lowest BCUT2D eigenvalue weighted by molar-refractivity contribution is -0.134. The first-order chi connectivity index (χ1) is 16.3. The highest BCUT2D eigenvalue weighted by molar-refractivity contribution is 9.10. The summed E-state index contributed by atoms with van der Waals surface area (Å²) in [6, 6.07) is 12.1. The highest BCUT2D eigenvalue weighted by Crippen LogP contribution is 2.37. The van der Waals surface area contributed by atoms with Gasteiger partial charge in [0.15, 0.2) is 11.5 Å². The van der Waals surface area contributed by atoms with Crippen LogP contribution in [0.3, 0.4) is 0 Å². The monoisotopic (exact) mass is 532 g/mol. The highest BCUT2D eigenvalue weighted by Gasteiger charge is 2.37. The summed E-state index contributed by atoms with van der Waals surface area (Å²) in [4.78, 5) is 38.6. The van der Waals surface area contributed by atoms with Crippen LogP contribution in [0.15, 0.2) is 52.5 Å². The molecule has 0 aliphatic carbocycles. The Morgan fingerprint density at radius 2 is 1.50 bits per heavy atom. The van der Waals surface area contributed by atoms with Gasteiger partial charge in [-0.3, -0.25) is 19.4 Å². The molecule has 2 aromatic rings. The molecule has 1 fully saturated rings. The van der Waals surface area contributed by atoms with Crippen LogP contribution in [0.5, 0.6) is 17.2 Å². The minimum atomic E-state index is -0.677. The van der Waals surface area contributed by atoms with E-state index in [0.29, 0.717) is 41.4 Å². The molecule has 4 amide bonds. The normalized spacial score (nSPS) is 13.9. The second kappa shape index (κ2) is 11.7. The van der Waals surface area contributed by atoms with Crippen LogP contribution in [-0.4, -0.2) is 75.3 Å². The lowest BCUT2D eigenvalue weighted by atomic mass is 10.1. The molecular formula is C24H25BrN2O7. The number of hydrogen-bond donors (Lipinski definition) is 0. The number of ether oxygens (including phenoxy) is 4. The zero-order chi connectivity index (χ0) is 24.7. The van der Waals surface area contributed by atoms with Crippen molar-refractivity contribution in [2.45, 2.75) is 0 Å². The lowest BCUT2D eigenvalue weighted by Crippen LogP contribution is -2.52. The Hall–Kier alpha value is -3.37. The number of para-hydroxylation sites is 1. The van der Waals surface area contributed by atoms with Crippen molar-refractivity contribution in [2.75, 3.05) is 47.6 Å². The maximum Gasteiger partial charge on any atom is 0.333 e. The van der Waals surface area contributed by atoms with Gasteiger partial charge in [0, 0.05) is 14.1 Å². The van der Waals surface area contributed by atoms with Crippen molar-refractivity contribution in [3.63, 3.8) is 0 Å². The third-order valence-electron chi connectivity index (χ3n) is 4.92. The molecule has 0 N–H and O–H groups in total. The molecule has 3 rings (SSSR count). The van der Waals surface area contributed by atoms with Crippen LogP contribution < -0.4 is 14.2 Å². The van der Waals surface area contributed by atoms with Gasteiger partial charge >= 0.3 is 6.03 Å². The molecule has 1 heterocycles. The quantitative estimate of drug-likeness (QED) is 0.263. The van der Waals surface area contributed by atoms with E-state index in [1.54, 1.807) is 12.1 Å². The molecule has 9 nitrogen and oxygen atoms in total. The lowest BCUT2D eigenvalue weighted by Gasteiger charge is -2.28. The average Bonchev–Trinajstić information content (AvgIpc) is 2.85. The number of hydrogen-bond acceptors (Lipinski definition) is 7. The van der Waals surface area contributed by atoms with Crippen molar-refractivity contribution >= 4 is 39.9 Å². The summed E-state index contributed by atoms with van der Waals surface area (Å²) in [6.07, 6.45) is 1.41. The number of nitrogens with zero attached hydrogens (tertiary/aromatic N) is 2. The van der Waals surface area contributed by atoms with Crippen LogP contribution in [0, 0.1) is 0 Å². The topological polar surface area (TPSA) is 94.6 Å². The maximum atomic E-state index is 12.4. The second-order valence-electron chi connectivity index (χ2n) is 7.23. The first-order valence-electron chi connectivity index (χ1n) is 10.4. The minimum Gasteiger partial charge on any atom is -0.493 e. The van der Waals surface area contributed by atoms with Gasteiger partial charge in [-0.2, -0.15) is 0 Å². The summed E-state index contributed by atoms with van der Waals surface area (Å²) >= 11 is 3.45. The zero-order valence-electron chi connectivity index (χ0n) is 19.1. The fourth-order valence-corrected chi connectivity index (χ4v) is 3.72. The maximum absolute atomic E-state index is 12.4. The van der Waals surface area contributed by atoms with Crippen molar-refractivity contribution in [1.29, 1.82) is 0 Å². The summed E-state index contributed by atoms with van der Waals surface area (Å²) in [5.74, 6) is 0.308. The van der Waals surface area contributed by atoms with Crippen molar-refractivity contribution in [1.82, 2.24) is 9.80 Å². The number of methoxy groups -OCH3 is 1. The number of rotatable bonds is 10. The van der Waals surface area contributed by atoms with E-state index < -0.39 is 17.8 Å². The summed E-state index contributed by atoms with van der Waals surface area (Å²) in [5.41, 5.74) is 0.400. The van der Waals surface area contributed by atoms with Crippen LogP contribution in [0.4, 0.5) is 4.79 Å². The first-order valence-corrected chi connectivity index (χ1v) is 11.2. The molecular weight excluding hydrogens is 508 g/mol. The van der Waals surface area contributed by atoms with Crippen LogP contribution >= 0.6 is 15.9 Å². The predicted octanol–water partition coefficient (Wildman–Crippen LogP) is 3.37. The van der Waals surface area contributed by atoms with Gasteiger partial charge in [-0.05, 0) is 51.8 Å². The molecule has 1 aliphatic heterocycles. The molecule has 2 aromatic carbocycles. The van der Waals surface area contributed by atoms with E-state index >= 15 is 0 Å².